The largest absolute Gasteiger partial charge is 0.391 e. The summed E-state index contributed by atoms with van der Waals surface area (Å²) >= 11 is 1.42. The summed E-state index contributed by atoms with van der Waals surface area (Å²) in [5, 5.41) is 9.17. The molecule has 3 saturated heterocycles. The molecule has 3 atom stereocenters. The molecule has 6 rings (SSSR count). The lowest BCUT2D eigenvalue weighted by molar-refractivity contribution is -0.136. The van der Waals surface area contributed by atoms with E-state index in [-0.39, 0.29) is 44.1 Å². The first-order valence-electron chi connectivity index (χ1n) is 15.5. The van der Waals surface area contributed by atoms with Gasteiger partial charge in [0.15, 0.2) is 5.65 Å². The number of hydrogen-bond donors (Lipinski definition) is 2. The molecule has 10 nitrogen and oxygen atoms in total. The summed E-state index contributed by atoms with van der Waals surface area (Å²) < 4.78 is 17.1. The van der Waals surface area contributed by atoms with E-state index in [0.29, 0.717) is 68.9 Å². The molecule has 3 aromatic rings. The molecule has 3 aliphatic heterocycles. The average Bonchev–Trinajstić information content (AvgIpc) is 3.65. The Labute approximate surface area is 263 Å². The summed E-state index contributed by atoms with van der Waals surface area (Å²) in [7, 11) is 0. The Bertz CT molecular complexity index is 1610. The topological polar surface area (TPSA) is 115 Å². The second-order valence-electron chi connectivity index (χ2n) is 13.4. The number of H-pyrrole nitrogens is 1. The van der Waals surface area contributed by atoms with Crippen LogP contribution in [-0.2, 0) is 9.59 Å². The fourth-order valence-corrected chi connectivity index (χ4v) is 8.13. The molecule has 0 spiro atoms. The minimum Gasteiger partial charge on any atom is -0.391 e. The zero-order valence-corrected chi connectivity index (χ0v) is 26.4. The Balaban J connectivity index is 0.00000240. The van der Waals surface area contributed by atoms with Crippen LogP contribution in [0.2, 0.25) is 0 Å². The van der Waals surface area contributed by atoms with E-state index in [1.807, 2.05) is 21.9 Å². The van der Waals surface area contributed by atoms with Crippen molar-refractivity contribution in [1.29, 1.82) is 0 Å². The van der Waals surface area contributed by atoms with Crippen molar-refractivity contribution in [3.63, 3.8) is 0 Å². The number of carbonyl (C=O) groups excluding carboxylic acids is 2. The van der Waals surface area contributed by atoms with Gasteiger partial charge in [0.2, 0.25) is 11.8 Å². The average molecular weight is 629 g/mol. The third-order valence-electron chi connectivity index (χ3n) is 9.03. The molecule has 12 heteroatoms. The van der Waals surface area contributed by atoms with Gasteiger partial charge in [-0.2, -0.15) is 0 Å². The maximum absolute atomic E-state index is 15.4. The summed E-state index contributed by atoms with van der Waals surface area (Å²) in [5.41, 5.74) is 2.25. The van der Waals surface area contributed by atoms with Crippen LogP contribution in [0.4, 0.5) is 10.1 Å². The zero-order chi connectivity index (χ0) is 31.2. The summed E-state index contributed by atoms with van der Waals surface area (Å²) in [5.74, 6) is -0.546. The molecule has 0 bridgehead atoms. The number of aromatic amines is 1. The van der Waals surface area contributed by atoms with Gasteiger partial charge in [-0.15, -0.1) is 11.8 Å². The Kier molecular flexibility index (Phi) is 8.49. The van der Waals surface area contributed by atoms with Crippen LogP contribution in [0, 0.1) is 11.2 Å². The number of β-amino-alcohol motifs (C(OH)–C–C–N with tert-alkyl or cyclic N) is 1. The lowest BCUT2D eigenvalue weighted by Crippen LogP contribution is -2.42. The van der Waals surface area contributed by atoms with Crippen molar-refractivity contribution in [2.24, 2.45) is 5.41 Å². The first-order valence-corrected chi connectivity index (χ1v) is 16.4. The van der Waals surface area contributed by atoms with Crippen LogP contribution in [-0.4, -0.2) is 85.3 Å². The molecule has 3 fully saturated rings. The Hall–Kier alpha value is -3.38. The lowest BCUT2D eigenvalue weighted by Gasteiger charge is -2.33. The van der Waals surface area contributed by atoms with E-state index < -0.39 is 16.7 Å². The predicted octanol–water partition coefficient (Wildman–Crippen LogP) is 4.56. The number of aliphatic hydroxyl groups is 1. The van der Waals surface area contributed by atoms with Crippen LogP contribution in [0.3, 0.4) is 0 Å². The van der Waals surface area contributed by atoms with Crippen LogP contribution >= 0.6 is 11.8 Å². The number of piperidine rings is 1. The second-order valence-corrected chi connectivity index (χ2v) is 14.7. The van der Waals surface area contributed by atoms with Gasteiger partial charge < -0.3 is 19.8 Å². The minimum absolute atomic E-state index is 0. The summed E-state index contributed by atoms with van der Waals surface area (Å²) in [6.07, 6.45) is 3.80. The number of imidazole rings is 1. The van der Waals surface area contributed by atoms with Crippen molar-refractivity contribution in [2.75, 3.05) is 37.6 Å². The van der Waals surface area contributed by atoms with Crippen LogP contribution in [0.25, 0.3) is 11.2 Å². The van der Waals surface area contributed by atoms with Crippen molar-refractivity contribution in [3.8, 4) is 0 Å². The molecule has 5 heterocycles. The SMILES string of the molecule is CC(C)(C)CCN1C(=O)[C@H](CC(=O)N2CCC(n3c(=O)[nH]c4ncccc43)CC2)S[C@H]1c1cccc(F)c1N1CCC(O)C1.[HH].[HH]. The molecule has 2 amide bonds. The van der Waals surface area contributed by atoms with Gasteiger partial charge in [-0.3, -0.25) is 19.1 Å². The number of carbonyl (C=O) groups is 2. The molecule has 1 aromatic carbocycles. The van der Waals surface area contributed by atoms with Gasteiger partial charge in [0.05, 0.1) is 22.6 Å². The Morgan fingerprint density at radius 1 is 1.14 bits per heavy atom. The highest BCUT2D eigenvalue weighted by Gasteiger charge is 2.44. The number of nitrogens with one attached hydrogen (secondary N) is 1. The molecule has 44 heavy (non-hydrogen) atoms. The highest BCUT2D eigenvalue weighted by Crippen LogP contribution is 2.48. The molecule has 0 radical (unpaired) electrons. The molecular formula is C32H45FN6O4S. The van der Waals surface area contributed by atoms with E-state index in [1.54, 1.807) is 27.8 Å². The number of likely N-dealkylation sites (tertiary alicyclic amines) is 1. The predicted molar refractivity (Wildman–Crippen MR) is 173 cm³/mol. The summed E-state index contributed by atoms with van der Waals surface area (Å²) in [6.45, 7) is 8.76. The summed E-state index contributed by atoms with van der Waals surface area (Å²) in [6, 6.07) is 8.61. The smallest absolute Gasteiger partial charge is 0.327 e. The first-order chi connectivity index (χ1) is 21.0. The monoisotopic (exact) mass is 628 g/mol. The van der Waals surface area contributed by atoms with Crippen molar-refractivity contribution >= 4 is 40.4 Å². The number of benzene rings is 1. The van der Waals surface area contributed by atoms with E-state index >= 15 is 4.39 Å². The molecule has 2 N–H and O–H groups in total. The number of fused-ring (bicyclic) bond motifs is 1. The molecule has 1 unspecified atom stereocenters. The van der Waals surface area contributed by atoms with Crippen LogP contribution in [0.5, 0.6) is 0 Å². The number of halogens is 1. The van der Waals surface area contributed by atoms with Crippen molar-refractivity contribution < 1.29 is 21.9 Å². The number of pyridine rings is 1. The maximum Gasteiger partial charge on any atom is 0.327 e. The standard InChI is InChI=1S/C32H41FN6O4S.2H2/c1-32(2,3)12-17-38-29(42)25(44-30(38)22-6-4-7-23(33)27(22)37-16-11-21(40)19-37)18-26(41)36-14-9-20(10-15-36)39-24-8-5-13-34-28(24)35-31(39)43;;/h4-8,13,20-21,25,30,40H,9-12,14-19H2,1-3H3,(H,34,35,43);2*1H/t21?,25-,30-;;/m0../s1. The van der Waals surface area contributed by atoms with Gasteiger partial charge >= 0.3 is 5.69 Å². The lowest BCUT2D eigenvalue weighted by atomic mass is 9.92. The quantitative estimate of drug-likeness (QED) is 0.394. The van der Waals surface area contributed by atoms with E-state index in [9.17, 15) is 19.5 Å². The van der Waals surface area contributed by atoms with Gasteiger partial charge in [-0.25, -0.2) is 14.2 Å². The number of para-hydroxylation sites is 1. The number of thioether (sulfide) groups is 1. The van der Waals surface area contributed by atoms with Crippen LogP contribution in [0.1, 0.15) is 72.7 Å². The highest BCUT2D eigenvalue weighted by molar-refractivity contribution is 8.01. The maximum atomic E-state index is 15.4. The van der Waals surface area contributed by atoms with Gasteiger partial charge in [0.25, 0.3) is 0 Å². The van der Waals surface area contributed by atoms with Crippen molar-refractivity contribution in [1.82, 2.24) is 24.3 Å². The third-order valence-corrected chi connectivity index (χ3v) is 10.5. The zero-order valence-electron chi connectivity index (χ0n) is 25.5. The third kappa shape index (κ3) is 6.10. The molecule has 0 saturated carbocycles. The number of hydrogen-bond acceptors (Lipinski definition) is 7. The van der Waals surface area contributed by atoms with Crippen molar-refractivity contribution in [3.05, 3.63) is 58.4 Å². The van der Waals surface area contributed by atoms with E-state index in [0.717, 1.165) is 11.9 Å². The number of anilines is 1. The normalized spacial score (nSPS) is 23.3. The molecule has 3 aliphatic rings. The highest BCUT2D eigenvalue weighted by atomic mass is 32.2. The number of amides is 2. The van der Waals surface area contributed by atoms with E-state index in [4.69, 9.17) is 0 Å². The van der Waals surface area contributed by atoms with Crippen molar-refractivity contribution in [2.45, 2.75) is 75.6 Å². The number of aliphatic hydroxyl groups excluding tert-OH is 1. The van der Waals surface area contributed by atoms with Gasteiger partial charge in [0.1, 0.15) is 11.2 Å². The number of aromatic nitrogens is 3. The van der Waals surface area contributed by atoms with Gasteiger partial charge in [-0.05, 0) is 49.3 Å². The second kappa shape index (κ2) is 12.2. The Morgan fingerprint density at radius 2 is 1.91 bits per heavy atom. The molecule has 2 aromatic heterocycles. The van der Waals surface area contributed by atoms with E-state index in [2.05, 4.69) is 30.7 Å². The van der Waals surface area contributed by atoms with Gasteiger partial charge in [0, 0.05) is 59.8 Å². The molecular weight excluding hydrogens is 583 g/mol. The molecule has 240 valence electrons. The Morgan fingerprint density at radius 3 is 2.61 bits per heavy atom. The minimum atomic E-state index is -0.576. The van der Waals surface area contributed by atoms with Gasteiger partial charge in [-0.1, -0.05) is 32.9 Å². The van der Waals surface area contributed by atoms with Crippen LogP contribution in [0.15, 0.2) is 41.3 Å². The summed E-state index contributed by atoms with van der Waals surface area (Å²) in [4.78, 5) is 52.7. The van der Waals surface area contributed by atoms with Crippen LogP contribution < -0.4 is 10.6 Å². The fourth-order valence-electron chi connectivity index (χ4n) is 6.64. The number of nitrogens with zero attached hydrogens (tertiary/aromatic N) is 5. The first kappa shape index (κ1) is 30.6. The number of rotatable bonds is 7. The van der Waals surface area contributed by atoms with E-state index in [1.165, 1.54) is 17.8 Å². The molecule has 0 aliphatic carbocycles. The fraction of sp³-hybridized carbons (Fsp3) is 0.562.